The van der Waals surface area contributed by atoms with Gasteiger partial charge in [0, 0.05) is 21.6 Å². The van der Waals surface area contributed by atoms with E-state index in [0.29, 0.717) is 6.04 Å². The summed E-state index contributed by atoms with van der Waals surface area (Å²) in [5.41, 5.74) is 1.37. The molecule has 0 spiro atoms. The van der Waals surface area contributed by atoms with Crippen LogP contribution < -0.4 is 5.32 Å². The van der Waals surface area contributed by atoms with Gasteiger partial charge in [0.1, 0.15) is 0 Å². The number of nitrogens with one attached hydrogen (secondary N) is 1. The van der Waals surface area contributed by atoms with Crippen molar-refractivity contribution in [2.45, 2.75) is 6.04 Å². The van der Waals surface area contributed by atoms with Gasteiger partial charge in [-0.2, -0.15) is 23.1 Å². The molecule has 1 atom stereocenters. The molecule has 0 amide bonds. The fraction of sp³-hybridized carbons (Fsp3) is 0.500. The predicted molar refractivity (Wildman–Crippen MR) is 62.2 cm³/mol. The van der Waals surface area contributed by atoms with E-state index in [1.54, 1.807) is 11.3 Å². The molecule has 4 heteroatoms. The molecule has 0 saturated heterocycles. The lowest BCUT2D eigenvalue weighted by molar-refractivity contribution is 0.662. The van der Waals surface area contributed by atoms with Crippen LogP contribution in [0.15, 0.2) is 15.2 Å². The lowest BCUT2D eigenvalue weighted by Crippen LogP contribution is -2.18. The highest BCUT2D eigenvalue weighted by Crippen LogP contribution is 2.28. The Kier molecular flexibility index (Phi) is 4.64. The second-order valence-corrected chi connectivity index (χ2v) is 4.98. The lowest BCUT2D eigenvalue weighted by atomic mass is 10.2. The van der Waals surface area contributed by atoms with Crippen LogP contribution in [0.5, 0.6) is 0 Å². The molecule has 1 aromatic rings. The molecular weight excluding hydrogens is 254 g/mol. The van der Waals surface area contributed by atoms with E-state index in [2.05, 4.69) is 38.3 Å². The molecule has 0 aliphatic rings. The van der Waals surface area contributed by atoms with Crippen molar-refractivity contribution in [2.24, 2.45) is 0 Å². The Bertz CT molecular complexity index is 237. The van der Waals surface area contributed by atoms with E-state index in [0.717, 1.165) is 5.75 Å². The number of hydrogen-bond acceptors (Lipinski definition) is 3. The van der Waals surface area contributed by atoms with Crippen LogP contribution >= 0.6 is 39.0 Å². The summed E-state index contributed by atoms with van der Waals surface area (Å²) in [5, 5.41) is 7.62. The standard InChI is InChI=1S/C8H12BrNS2/c1-10-8(5-11-2)6-3-12-4-7(6)9/h3-4,8,10H,5H2,1-2H3. The Labute approximate surface area is 90.1 Å². The minimum atomic E-state index is 0.473. The summed E-state index contributed by atoms with van der Waals surface area (Å²) >= 11 is 7.14. The molecule has 0 aliphatic heterocycles. The Balaban J connectivity index is 2.72. The number of hydrogen-bond donors (Lipinski definition) is 1. The van der Waals surface area contributed by atoms with Crippen molar-refractivity contribution in [1.82, 2.24) is 5.32 Å². The first-order chi connectivity index (χ1) is 5.79. The second kappa shape index (κ2) is 5.27. The maximum absolute atomic E-state index is 3.54. The zero-order valence-electron chi connectivity index (χ0n) is 7.13. The summed E-state index contributed by atoms with van der Waals surface area (Å²) in [6, 6.07) is 0.473. The maximum Gasteiger partial charge on any atom is 0.0428 e. The molecule has 0 aliphatic carbocycles. The van der Waals surface area contributed by atoms with Gasteiger partial charge in [-0.15, -0.1) is 0 Å². The molecule has 1 unspecified atom stereocenters. The zero-order chi connectivity index (χ0) is 8.97. The fourth-order valence-electron chi connectivity index (χ4n) is 1.04. The van der Waals surface area contributed by atoms with E-state index in [1.807, 2.05) is 18.8 Å². The van der Waals surface area contributed by atoms with Gasteiger partial charge in [0.25, 0.3) is 0 Å². The average Bonchev–Trinajstić information content (AvgIpc) is 2.47. The van der Waals surface area contributed by atoms with E-state index >= 15 is 0 Å². The molecule has 0 aromatic carbocycles. The van der Waals surface area contributed by atoms with Crippen molar-refractivity contribution in [2.75, 3.05) is 19.1 Å². The van der Waals surface area contributed by atoms with Gasteiger partial charge in [-0.3, -0.25) is 0 Å². The van der Waals surface area contributed by atoms with Gasteiger partial charge in [-0.1, -0.05) is 0 Å². The first-order valence-corrected chi connectivity index (χ1v) is 6.80. The third-order valence-corrected chi connectivity index (χ3v) is 4.12. The molecule has 1 nitrogen and oxygen atoms in total. The van der Waals surface area contributed by atoms with Crippen molar-refractivity contribution in [3.05, 3.63) is 20.8 Å². The number of rotatable bonds is 4. The Morgan fingerprint density at radius 1 is 1.67 bits per heavy atom. The smallest absolute Gasteiger partial charge is 0.0428 e. The van der Waals surface area contributed by atoms with E-state index in [4.69, 9.17) is 0 Å². The number of halogens is 1. The molecule has 1 aromatic heterocycles. The molecule has 1 N–H and O–H groups in total. The highest BCUT2D eigenvalue weighted by molar-refractivity contribution is 9.10. The topological polar surface area (TPSA) is 12.0 Å². The molecule has 0 radical (unpaired) electrons. The first kappa shape index (κ1) is 10.6. The van der Waals surface area contributed by atoms with Gasteiger partial charge in [0.15, 0.2) is 0 Å². The van der Waals surface area contributed by atoms with Gasteiger partial charge in [-0.05, 0) is 40.2 Å². The van der Waals surface area contributed by atoms with Crippen LogP contribution in [0.2, 0.25) is 0 Å². The molecule has 1 rings (SSSR count). The predicted octanol–water partition coefficient (Wildman–Crippen LogP) is 3.13. The average molecular weight is 266 g/mol. The highest BCUT2D eigenvalue weighted by Gasteiger charge is 2.11. The molecular formula is C8H12BrNS2. The number of thiophene rings is 1. The van der Waals surface area contributed by atoms with Gasteiger partial charge < -0.3 is 5.32 Å². The monoisotopic (exact) mass is 265 g/mol. The van der Waals surface area contributed by atoms with Crippen molar-refractivity contribution in [3.63, 3.8) is 0 Å². The van der Waals surface area contributed by atoms with Crippen LogP contribution in [0.4, 0.5) is 0 Å². The Hall–Kier alpha value is 0.490. The van der Waals surface area contributed by atoms with Crippen LogP contribution in [0.3, 0.4) is 0 Å². The van der Waals surface area contributed by atoms with Crippen LogP contribution in [0, 0.1) is 0 Å². The molecule has 0 bridgehead atoms. The largest absolute Gasteiger partial charge is 0.312 e. The van der Waals surface area contributed by atoms with Gasteiger partial charge in [0.2, 0.25) is 0 Å². The summed E-state index contributed by atoms with van der Waals surface area (Å²) < 4.78 is 1.22. The van der Waals surface area contributed by atoms with E-state index in [-0.39, 0.29) is 0 Å². The summed E-state index contributed by atoms with van der Waals surface area (Å²) in [5.74, 6) is 1.12. The van der Waals surface area contributed by atoms with Crippen molar-refractivity contribution < 1.29 is 0 Å². The van der Waals surface area contributed by atoms with Crippen LogP contribution in [-0.2, 0) is 0 Å². The Morgan fingerprint density at radius 3 is 2.83 bits per heavy atom. The van der Waals surface area contributed by atoms with Crippen molar-refractivity contribution >= 4 is 39.0 Å². The third-order valence-electron chi connectivity index (χ3n) is 1.70. The Morgan fingerprint density at radius 2 is 2.42 bits per heavy atom. The summed E-state index contributed by atoms with van der Waals surface area (Å²) in [6.07, 6.45) is 2.13. The quantitative estimate of drug-likeness (QED) is 0.898. The van der Waals surface area contributed by atoms with Crippen LogP contribution in [0.1, 0.15) is 11.6 Å². The summed E-state index contributed by atoms with van der Waals surface area (Å²) in [6.45, 7) is 0. The van der Waals surface area contributed by atoms with Gasteiger partial charge in [0.05, 0.1) is 0 Å². The summed E-state index contributed by atoms with van der Waals surface area (Å²) in [4.78, 5) is 0. The van der Waals surface area contributed by atoms with Crippen molar-refractivity contribution in [3.8, 4) is 0 Å². The van der Waals surface area contributed by atoms with Gasteiger partial charge in [-0.25, -0.2) is 0 Å². The minimum absolute atomic E-state index is 0.473. The lowest BCUT2D eigenvalue weighted by Gasteiger charge is -2.13. The molecule has 0 fully saturated rings. The number of thioether (sulfide) groups is 1. The normalized spacial score (nSPS) is 13.2. The first-order valence-electron chi connectivity index (χ1n) is 3.67. The van der Waals surface area contributed by atoms with Crippen LogP contribution in [0.25, 0.3) is 0 Å². The highest BCUT2D eigenvalue weighted by atomic mass is 79.9. The summed E-state index contributed by atoms with van der Waals surface area (Å²) in [7, 11) is 2.00. The second-order valence-electron chi connectivity index (χ2n) is 2.47. The fourth-order valence-corrected chi connectivity index (χ4v) is 3.34. The third kappa shape index (κ3) is 2.49. The molecule has 68 valence electrons. The van der Waals surface area contributed by atoms with Crippen molar-refractivity contribution in [1.29, 1.82) is 0 Å². The van der Waals surface area contributed by atoms with E-state index < -0.39 is 0 Å². The van der Waals surface area contributed by atoms with Crippen LogP contribution in [-0.4, -0.2) is 19.1 Å². The maximum atomic E-state index is 3.54. The van der Waals surface area contributed by atoms with E-state index in [1.165, 1.54) is 10.0 Å². The van der Waals surface area contributed by atoms with E-state index in [9.17, 15) is 0 Å². The SMILES string of the molecule is CNC(CSC)c1cscc1Br. The molecule has 0 saturated carbocycles. The molecule has 12 heavy (non-hydrogen) atoms. The zero-order valence-corrected chi connectivity index (χ0v) is 10.4. The minimum Gasteiger partial charge on any atom is -0.312 e. The molecule has 1 heterocycles. The van der Waals surface area contributed by atoms with Gasteiger partial charge >= 0.3 is 0 Å².